The summed E-state index contributed by atoms with van der Waals surface area (Å²) in [4.78, 5) is 26.9. The molecule has 0 aromatic carbocycles. The van der Waals surface area contributed by atoms with Crippen LogP contribution in [-0.4, -0.2) is 29.5 Å². The molecule has 0 radical (unpaired) electrons. The molecule has 0 saturated carbocycles. The topological polar surface area (TPSA) is 83.1 Å². The maximum absolute atomic E-state index is 11.6. The van der Waals surface area contributed by atoms with Crippen LogP contribution in [-0.2, 0) is 4.79 Å². The molecule has 1 aromatic heterocycles. The van der Waals surface area contributed by atoms with Crippen molar-refractivity contribution in [3.05, 3.63) is 23.9 Å². The highest BCUT2D eigenvalue weighted by Gasteiger charge is 2.05. The van der Waals surface area contributed by atoms with Gasteiger partial charge in [-0.3, -0.25) is 4.79 Å². The normalized spacial score (nSPS) is 10.1. The third-order valence-corrected chi connectivity index (χ3v) is 2.24. The lowest BCUT2D eigenvalue weighted by Crippen LogP contribution is -2.40. The van der Waals surface area contributed by atoms with Crippen molar-refractivity contribution >= 4 is 17.8 Å². The fourth-order valence-corrected chi connectivity index (χ4v) is 1.35. The third-order valence-electron chi connectivity index (χ3n) is 2.24. The van der Waals surface area contributed by atoms with Crippen LogP contribution in [0.1, 0.15) is 25.8 Å². The van der Waals surface area contributed by atoms with Crippen molar-refractivity contribution < 1.29 is 9.59 Å². The highest BCUT2D eigenvalue weighted by Crippen LogP contribution is 2.03. The minimum absolute atomic E-state index is 0.0746. The quantitative estimate of drug-likeness (QED) is 0.752. The number of carbonyl (C=O) groups is 2. The Morgan fingerprint density at radius 2 is 2.05 bits per heavy atom. The average molecular weight is 264 g/mol. The van der Waals surface area contributed by atoms with Gasteiger partial charge in [-0.1, -0.05) is 6.07 Å². The van der Waals surface area contributed by atoms with Gasteiger partial charge in [0.15, 0.2) is 0 Å². The zero-order valence-corrected chi connectivity index (χ0v) is 11.5. The number of pyridine rings is 1. The smallest absolute Gasteiger partial charge is 0.315 e. The first kappa shape index (κ1) is 14.9. The van der Waals surface area contributed by atoms with Gasteiger partial charge >= 0.3 is 6.03 Å². The van der Waals surface area contributed by atoms with E-state index in [4.69, 9.17) is 0 Å². The van der Waals surface area contributed by atoms with Crippen LogP contribution in [0.5, 0.6) is 0 Å². The number of carbonyl (C=O) groups excluding carboxylic acids is 2. The van der Waals surface area contributed by atoms with E-state index in [1.807, 2.05) is 26.8 Å². The Labute approximate surface area is 113 Å². The molecule has 0 saturated heterocycles. The molecule has 6 heteroatoms. The minimum atomic E-state index is -0.267. The molecule has 0 atom stereocenters. The van der Waals surface area contributed by atoms with E-state index >= 15 is 0 Å². The summed E-state index contributed by atoms with van der Waals surface area (Å²) in [6, 6.07) is 3.42. The van der Waals surface area contributed by atoms with Crippen LogP contribution in [0.4, 0.5) is 10.6 Å². The van der Waals surface area contributed by atoms with Crippen molar-refractivity contribution in [3.63, 3.8) is 0 Å². The summed E-state index contributed by atoms with van der Waals surface area (Å²) in [7, 11) is 0. The van der Waals surface area contributed by atoms with Crippen LogP contribution in [0.3, 0.4) is 0 Å². The van der Waals surface area contributed by atoms with Gasteiger partial charge < -0.3 is 16.0 Å². The van der Waals surface area contributed by atoms with Gasteiger partial charge in [-0.25, -0.2) is 9.78 Å². The molecule has 0 unspecified atom stereocenters. The van der Waals surface area contributed by atoms with E-state index in [1.54, 1.807) is 12.3 Å². The number of amides is 3. The maximum atomic E-state index is 11.6. The number of hydrogen-bond acceptors (Lipinski definition) is 3. The standard InChI is InChI=1S/C13H20N4O2/c1-9(2)16-13(19)14-7-6-12(18)17-11-5-4-10(3)8-15-11/h4-5,8-9H,6-7H2,1-3H3,(H2,14,16,19)(H,15,17,18). The minimum Gasteiger partial charge on any atom is -0.338 e. The van der Waals surface area contributed by atoms with Crippen LogP contribution < -0.4 is 16.0 Å². The first-order chi connectivity index (χ1) is 8.97. The average Bonchev–Trinajstić information content (AvgIpc) is 2.31. The van der Waals surface area contributed by atoms with E-state index in [0.717, 1.165) is 5.56 Å². The molecule has 0 spiro atoms. The highest BCUT2D eigenvalue weighted by atomic mass is 16.2. The Balaban J connectivity index is 2.25. The number of nitrogens with zero attached hydrogens (tertiary/aromatic N) is 1. The molecule has 1 aromatic rings. The second-order valence-corrected chi connectivity index (χ2v) is 4.57. The van der Waals surface area contributed by atoms with Gasteiger partial charge in [-0.2, -0.15) is 0 Å². The van der Waals surface area contributed by atoms with E-state index in [0.29, 0.717) is 5.82 Å². The number of nitrogens with one attached hydrogen (secondary N) is 3. The van der Waals surface area contributed by atoms with Crippen molar-refractivity contribution in [2.75, 3.05) is 11.9 Å². The summed E-state index contributed by atoms with van der Waals surface area (Å²) in [5.41, 5.74) is 1.03. The second-order valence-electron chi connectivity index (χ2n) is 4.57. The van der Waals surface area contributed by atoms with Gasteiger partial charge in [0, 0.05) is 25.2 Å². The largest absolute Gasteiger partial charge is 0.338 e. The predicted molar refractivity (Wildman–Crippen MR) is 73.9 cm³/mol. The molecule has 1 heterocycles. The predicted octanol–water partition coefficient (Wildman–Crippen LogP) is 1.43. The molecule has 1 rings (SSSR count). The Kier molecular flexibility index (Phi) is 5.78. The molecule has 0 aliphatic heterocycles. The number of hydrogen-bond donors (Lipinski definition) is 3. The SMILES string of the molecule is Cc1ccc(NC(=O)CCNC(=O)NC(C)C)nc1. The summed E-state index contributed by atoms with van der Waals surface area (Å²) in [6.07, 6.45) is 1.89. The summed E-state index contributed by atoms with van der Waals surface area (Å²) in [5, 5.41) is 7.95. The van der Waals surface area contributed by atoms with Gasteiger partial charge in [-0.05, 0) is 32.4 Å². The van der Waals surface area contributed by atoms with Gasteiger partial charge in [0.1, 0.15) is 5.82 Å². The number of aromatic nitrogens is 1. The highest BCUT2D eigenvalue weighted by molar-refractivity contribution is 5.90. The summed E-state index contributed by atoms with van der Waals surface area (Å²) >= 11 is 0. The lowest BCUT2D eigenvalue weighted by molar-refractivity contribution is -0.116. The monoisotopic (exact) mass is 264 g/mol. The lowest BCUT2D eigenvalue weighted by atomic mass is 10.3. The molecular formula is C13H20N4O2. The van der Waals surface area contributed by atoms with Crippen molar-refractivity contribution in [2.45, 2.75) is 33.2 Å². The van der Waals surface area contributed by atoms with Gasteiger partial charge in [0.2, 0.25) is 5.91 Å². The number of rotatable bonds is 5. The Bertz CT molecular complexity index is 429. The molecule has 0 bridgehead atoms. The van der Waals surface area contributed by atoms with E-state index in [1.165, 1.54) is 0 Å². The summed E-state index contributed by atoms with van der Waals surface area (Å²) in [5.74, 6) is 0.337. The molecule has 3 amide bonds. The van der Waals surface area contributed by atoms with E-state index < -0.39 is 0 Å². The summed E-state index contributed by atoms with van der Waals surface area (Å²) in [6.45, 7) is 5.96. The van der Waals surface area contributed by atoms with Crippen LogP contribution >= 0.6 is 0 Å². The molecule has 0 fully saturated rings. The van der Waals surface area contributed by atoms with E-state index in [9.17, 15) is 9.59 Å². The zero-order valence-electron chi connectivity index (χ0n) is 11.5. The first-order valence-corrected chi connectivity index (χ1v) is 6.24. The Morgan fingerprint density at radius 1 is 1.32 bits per heavy atom. The molecule has 0 aliphatic carbocycles. The van der Waals surface area contributed by atoms with Gasteiger partial charge in [-0.15, -0.1) is 0 Å². The van der Waals surface area contributed by atoms with Crippen LogP contribution in [0, 0.1) is 6.92 Å². The second kappa shape index (κ2) is 7.35. The first-order valence-electron chi connectivity index (χ1n) is 6.24. The fraction of sp³-hybridized carbons (Fsp3) is 0.462. The number of urea groups is 1. The molecule has 3 N–H and O–H groups in total. The van der Waals surface area contributed by atoms with Crippen molar-refractivity contribution in [3.8, 4) is 0 Å². The Morgan fingerprint density at radius 3 is 2.63 bits per heavy atom. The number of aryl methyl sites for hydroxylation is 1. The third kappa shape index (κ3) is 6.40. The van der Waals surface area contributed by atoms with Crippen LogP contribution in [0.25, 0.3) is 0 Å². The zero-order chi connectivity index (χ0) is 14.3. The van der Waals surface area contributed by atoms with Crippen molar-refractivity contribution in [1.29, 1.82) is 0 Å². The lowest BCUT2D eigenvalue weighted by Gasteiger charge is -2.10. The molecule has 0 aliphatic rings. The van der Waals surface area contributed by atoms with Gasteiger partial charge in [0.25, 0.3) is 0 Å². The van der Waals surface area contributed by atoms with Crippen LogP contribution in [0.15, 0.2) is 18.3 Å². The van der Waals surface area contributed by atoms with Crippen molar-refractivity contribution in [2.24, 2.45) is 0 Å². The van der Waals surface area contributed by atoms with Crippen molar-refractivity contribution in [1.82, 2.24) is 15.6 Å². The van der Waals surface area contributed by atoms with Gasteiger partial charge in [0.05, 0.1) is 0 Å². The van der Waals surface area contributed by atoms with E-state index in [-0.39, 0.29) is 30.9 Å². The molecule has 6 nitrogen and oxygen atoms in total. The molecular weight excluding hydrogens is 244 g/mol. The van der Waals surface area contributed by atoms with E-state index in [2.05, 4.69) is 20.9 Å². The molecule has 104 valence electrons. The maximum Gasteiger partial charge on any atom is 0.315 e. The Hall–Kier alpha value is -2.11. The fourth-order valence-electron chi connectivity index (χ4n) is 1.35. The number of anilines is 1. The summed E-state index contributed by atoms with van der Waals surface area (Å²) < 4.78 is 0. The van der Waals surface area contributed by atoms with Crippen LogP contribution in [0.2, 0.25) is 0 Å². The molecule has 19 heavy (non-hydrogen) atoms.